The normalized spacial score (nSPS) is 13.4. The highest BCUT2D eigenvalue weighted by molar-refractivity contribution is 7.87. The summed E-state index contributed by atoms with van der Waals surface area (Å²) in [7, 11) is -2.43. The predicted octanol–water partition coefficient (Wildman–Crippen LogP) is 0.657. The van der Waals surface area contributed by atoms with Crippen molar-refractivity contribution < 1.29 is 13.2 Å². The SMILES string of the molecule is CNS(=O)(=O)NC(Cc1c[nH]c2ccccc12)C(=O)NC(C)C. The maximum atomic E-state index is 12.3. The second-order valence-corrected chi connectivity index (χ2v) is 7.26. The second-order valence-electron chi connectivity index (χ2n) is 5.60. The Morgan fingerprint density at radius 3 is 2.61 bits per heavy atom. The van der Waals surface area contributed by atoms with Crippen LogP contribution in [-0.2, 0) is 21.4 Å². The smallest absolute Gasteiger partial charge is 0.277 e. The average molecular weight is 338 g/mol. The van der Waals surface area contributed by atoms with Crippen LogP contribution in [0.3, 0.4) is 0 Å². The standard InChI is InChI=1S/C15H22N4O3S/c1-10(2)18-15(20)14(19-23(21,22)16-3)8-11-9-17-13-7-5-4-6-12(11)13/h4-7,9-10,14,16-17,19H,8H2,1-3H3,(H,18,20). The summed E-state index contributed by atoms with van der Waals surface area (Å²) in [6.45, 7) is 3.65. The van der Waals surface area contributed by atoms with Crippen molar-refractivity contribution in [1.82, 2.24) is 19.7 Å². The molecule has 1 atom stereocenters. The lowest BCUT2D eigenvalue weighted by atomic mass is 10.0. The topological polar surface area (TPSA) is 103 Å². The van der Waals surface area contributed by atoms with Gasteiger partial charge in [-0.2, -0.15) is 13.1 Å². The first-order valence-electron chi connectivity index (χ1n) is 7.38. The Hall–Kier alpha value is -1.90. The fourth-order valence-corrected chi connectivity index (χ4v) is 3.02. The van der Waals surface area contributed by atoms with Gasteiger partial charge in [-0.1, -0.05) is 18.2 Å². The van der Waals surface area contributed by atoms with Crippen LogP contribution in [0.4, 0.5) is 0 Å². The summed E-state index contributed by atoms with van der Waals surface area (Å²) >= 11 is 0. The number of H-pyrrole nitrogens is 1. The van der Waals surface area contributed by atoms with Crippen LogP contribution < -0.4 is 14.8 Å². The molecule has 0 aliphatic carbocycles. The first-order chi connectivity index (χ1) is 10.8. The predicted molar refractivity (Wildman–Crippen MR) is 90.2 cm³/mol. The van der Waals surface area contributed by atoms with E-state index in [0.717, 1.165) is 16.5 Å². The molecule has 0 spiro atoms. The fraction of sp³-hybridized carbons (Fsp3) is 0.400. The van der Waals surface area contributed by atoms with Gasteiger partial charge in [-0.25, -0.2) is 4.72 Å². The molecule has 0 saturated heterocycles. The maximum absolute atomic E-state index is 12.3. The molecular weight excluding hydrogens is 316 g/mol. The minimum absolute atomic E-state index is 0.0768. The number of carbonyl (C=O) groups is 1. The first-order valence-corrected chi connectivity index (χ1v) is 8.87. The molecule has 4 N–H and O–H groups in total. The average Bonchev–Trinajstić information content (AvgIpc) is 2.89. The van der Waals surface area contributed by atoms with Crippen LogP contribution >= 0.6 is 0 Å². The van der Waals surface area contributed by atoms with Crippen LogP contribution in [0, 0.1) is 0 Å². The molecular formula is C15H22N4O3S. The van der Waals surface area contributed by atoms with Crippen molar-refractivity contribution in [2.75, 3.05) is 7.05 Å². The van der Waals surface area contributed by atoms with E-state index in [4.69, 9.17) is 0 Å². The van der Waals surface area contributed by atoms with Crippen LogP contribution in [0.1, 0.15) is 19.4 Å². The monoisotopic (exact) mass is 338 g/mol. The molecule has 7 nitrogen and oxygen atoms in total. The number of para-hydroxylation sites is 1. The highest BCUT2D eigenvalue weighted by Crippen LogP contribution is 2.19. The van der Waals surface area contributed by atoms with E-state index >= 15 is 0 Å². The summed E-state index contributed by atoms with van der Waals surface area (Å²) in [5.74, 6) is -0.357. The molecule has 0 fully saturated rings. The van der Waals surface area contributed by atoms with Crippen LogP contribution in [-0.4, -0.2) is 38.4 Å². The van der Waals surface area contributed by atoms with Gasteiger partial charge in [0.2, 0.25) is 5.91 Å². The molecule has 1 heterocycles. The van der Waals surface area contributed by atoms with E-state index in [1.54, 1.807) is 6.20 Å². The van der Waals surface area contributed by atoms with Crippen molar-refractivity contribution in [3.63, 3.8) is 0 Å². The van der Waals surface area contributed by atoms with Gasteiger partial charge in [0.05, 0.1) is 0 Å². The highest BCUT2D eigenvalue weighted by atomic mass is 32.2. The molecule has 8 heteroatoms. The van der Waals surface area contributed by atoms with Gasteiger partial charge in [0.1, 0.15) is 6.04 Å². The number of fused-ring (bicyclic) bond motifs is 1. The molecule has 2 aromatic rings. The lowest BCUT2D eigenvalue weighted by molar-refractivity contribution is -0.123. The van der Waals surface area contributed by atoms with E-state index in [0.29, 0.717) is 0 Å². The van der Waals surface area contributed by atoms with Crippen molar-refractivity contribution >= 4 is 27.0 Å². The van der Waals surface area contributed by atoms with Gasteiger partial charge >= 0.3 is 0 Å². The van der Waals surface area contributed by atoms with E-state index < -0.39 is 16.3 Å². The largest absolute Gasteiger partial charge is 0.361 e. The summed E-state index contributed by atoms with van der Waals surface area (Å²) in [5, 5.41) is 3.72. The van der Waals surface area contributed by atoms with Gasteiger partial charge in [0.25, 0.3) is 10.2 Å². The number of benzene rings is 1. The lowest BCUT2D eigenvalue weighted by Gasteiger charge is -2.19. The molecule has 2 rings (SSSR count). The molecule has 1 aromatic heterocycles. The molecule has 1 amide bonds. The number of nitrogens with one attached hydrogen (secondary N) is 4. The van der Waals surface area contributed by atoms with Gasteiger partial charge in [0, 0.05) is 30.2 Å². The van der Waals surface area contributed by atoms with Crippen molar-refractivity contribution in [3.8, 4) is 0 Å². The maximum Gasteiger partial charge on any atom is 0.277 e. The van der Waals surface area contributed by atoms with E-state index in [1.165, 1.54) is 7.05 Å². The lowest BCUT2D eigenvalue weighted by Crippen LogP contribution is -2.51. The summed E-state index contributed by atoms with van der Waals surface area (Å²) in [6.07, 6.45) is 2.05. The number of hydrogen-bond donors (Lipinski definition) is 4. The first kappa shape index (κ1) is 17.5. The molecule has 0 aliphatic heterocycles. The van der Waals surface area contributed by atoms with Gasteiger partial charge in [-0.05, 0) is 31.9 Å². The Morgan fingerprint density at radius 1 is 1.26 bits per heavy atom. The molecule has 0 saturated carbocycles. The summed E-state index contributed by atoms with van der Waals surface area (Å²) in [4.78, 5) is 15.5. The number of hydrogen-bond acceptors (Lipinski definition) is 3. The third kappa shape index (κ3) is 4.54. The van der Waals surface area contributed by atoms with E-state index in [9.17, 15) is 13.2 Å². The Morgan fingerprint density at radius 2 is 1.96 bits per heavy atom. The molecule has 1 aromatic carbocycles. The number of aromatic nitrogens is 1. The summed E-state index contributed by atoms with van der Waals surface area (Å²) < 4.78 is 28.1. The van der Waals surface area contributed by atoms with Gasteiger partial charge < -0.3 is 10.3 Å². The Labute approximate surface area is 136 Å². The van der Waals surface area contributed by atoms with Crippen molar-refractivity contribution in [1.29, 1.82) is 0 Å². The molecule has 1 unspecified atom stereocenters. The summed E-state index contributed by atoms with van der Waals surface area (Å²) in [5.41, 5.74) is 1.82. The number of amides is 1. The minimum atomic E-state index is -3.73. The summed E-state index contributed by atoms with van der Waals surface area (Å²) in [6, 6.07) is 6.71. The van der Waals surface area contributed by atoms with Gasteiger partial charge in [0.15, 0.2) is 0 Å². The van der Waals surface area contributed by atoms with Crippen LogP contribution in [0.2, 0.25) is 0 Å². The van der Waals surface area contributed by atoms with Crippen molar-refractivity contribution in [2.45, 2.75) is 32.4 Å². The van der Waals surface area contributed by atoms with Crippen molar-refractivity contribution in [3.05, 3.63) is 36.0 Å². The van der Waals surface area contributed by atoms with Crippen LogP contribution in [0.25, 0.3) is 10.9 Å². The quantitative estimate of drug-likeness (QED) is 0.596. The zero-order chi connectivity index (χ0) is 17.0. The molecule has 126 valence electrons. The molecule has 0 bridgehead atoms. The van der Waals surface area contributed by atoms with Crippen LogP contribution in [0.5, 0.6) is 0 Å². The Balaban J connectivity index is 2.28. The zero-order valence-corrected chi connectivity index (χ0v) is 14.2. The second kappa shape index (κ2) is 7.12. The minimum Gasteiger partial charge on any atom is -0.361 e. The number of aromatic amines is 1. The van der Waals surface area contributed by atoms with Gasteiger partial charge in [-0.15, -0.1) is 0 Å². The molecule has 23 heavy (non-hydrogen) atoms. The zero-order valence-electron chi connectivity index (χ0n) is 13.4. The molecule has 0 aliphatic rings. The Bertz CT molecular complexity index is 783. The van der Waals surface area contributed by atoms with Crippen LogP contribution in [0.15, 0.2) is 30.5 Å². The van der Waals surface area contributed by atoms with E-state index in [2.05, 4.69) is 19.7 Å². The third-order valence-corrected chi connectivity index (χ3v) is 4.54. The van der Waals surface area contributed by atoms with E-state index in [-0.39, 0.29) is 18.4 Å². The third-order valence-electron chi connectivity index (χ3n) is 3.41. The van der Waals surface area contributed by atoms with Crippen molar-refractivity contribution in [2.24, 2.45) is 0 Å². The van der Waals surface area contributed by atoms with Gasteiger partial charge in [-0.3, -0.25) is 4.79 Å². The fourth-order valence-electron chi connectivity index (χ4n) is 2.34. The Kier molecular flexibility index (Phi) is 5.40. The van der Waals surface area contributed by atoms with E-state index in [1.807, 2.05) is 38.1 Å². The highest BCUT2D eigenvalue weighted by Gasteiger charge is 2.25. The number of rotatable bonds is 7. The number of carbonyl (C=O) groups excluding carboxylic acids is 1. The molecule has 0 radical (unpaired) electrons.